The van der Waals surface area contributed by atoms with Crippen LogP contribution in [0, 0.1) is 0 Å². The highest BCUT2D eigenvalue weighted by Crippen LogP contribution is 2.40. The van der Waals surface area contributed by atoms with Gasteiger partial charge in [0.05, 0.1) is 12.2 Å². The van der Waals surface area contributed by atoms with Crippen LogP contribution in [-0.2, 0) is 18.4 Å². The van der Waals surface area contributed by atoms with Crippen molar-refractivity contribution in [3.63, 3.8) is 0 Å². The van der Waals surface area contributed by atoms with Crippen LogP contribution in [0.25, 0.3) is 0 Å². The van der Waals surface area contributed by atoms with Gasteiger partial charge in [-0.2, -0.15) is 0 Å². The molecule has 0 bridgehead atoms. The van der Waals surface area contributed by atoms with Crippen LogP contribution in [0.1, 0.15) is 49.6 Å². The van der Waals surface area contributed by atoms with Crippen molar-refractivity contribution in [3.8, 4) is 0 Å². The predicted molar refractivity (Wildman–Crippen MR) is 116 cm³/mol. The average Bonchev–Trinajstić information content (AvgIpc) is 3.33. The number of rotatable bonds is 6. The zero-order valence-corrected chi connectivity index (χ0v) is 18.0. The van der Waals surface area contributed by atoms with E-state index in [4.69, 9.17) is 4.52 Å². The maximum absolute atomic E-state index is 5.32. The van der Waals surface area contributed by atoms with Crippen LogP contribution in [0.3, 0.4) is 0 Å². The Labute approximate surface area is 173 Å². The summed E-state index contributed by atoms with van der Waals surface area (Å²) in [5.74, 6) is 1.63. The zero-order chi connectivity index (χ0) is 17.5. The quantitative estimate of drug-likeness (QED) is 0.382. The first-order valence-corrected chi connectivity index (χ1v) is 9.20. The summed E-state index contributed by atoms with van der Waals surface area (Å²) in [6, 6.07) is 12.9. The minimum absolute atomic E-state index is 0. The number of guanidine groups is 1. The summed E-state index contributed by atoms with van der Waals surface area (Å²) in [5.41, 5.74) is 2.62. The Morgan fingerprint density at radius 2 is 1.92 bits per heavy atom. The Morgan fingerprint density at radius 1 is 1.19 bits per heavy atom. The minimum Gasteiger partial charge on any atom is -0.359 e. The molecule has 0 aliphatic heterocycles. The van der Waals surface area contributed by atoms with Crippen molar-refractivity contribution in [1.82, 2.24) is 15.8 Å². The van der Waals surface area contributed by atoms with Gasteiger partial charge in [0.15, 0.2) is 11.7 Å². The highest BCUT2D eigenvalue weighted by atomic mass is 127. The van der Waals surface area contributed by atoms with Gasteiger partial charge in [0.1, 0.15) is 0 Å². The first-order valence-electron chi connectivity index (χ1n) is 9.20. The molecule has 142 valence electrons. The largest absolute Gasteiger partial charge is 0.359 e. The molecule has 26 heavy (non-hydrogen) atoms. The van der Waals surface area contributed by atoms with E-state index in [1.807, 2.05) is 6.07 Å². The topological polar surface area (TPSA) is 62.5 Å². The lowest BCUT2D eigenvalue weighted by atomic mass is 9.79. The van der Waals surface area contributed by atoms with Crippen molar-refractivity contribution in [1.29, 1.82) is 0 Å². The number of nitrogens with zero attached hydrogens (tertiary/aromatic N) is 2. The smallest absolute Gasteiger partial charge is 0.191 e. The predicted octanol–water partition coefficient (Wildman–Crippen LogP) is 4.03. The summed E-state index contributed by atoms with van der Waals surface area (Å²) in [6.07, 6.45) is 5.92. The van der Waals surface area contributed by atoms with Gasteiger partial charge in [-0.1, -0.05) is 55.3 Å². The highest BCUT2D eigenvalue weighted by Gasteiger charge is 2.35. The standard InChI is InChI=1S/C20H28N4O.HI/c1-3-17-13-18(25-24-17)14-22-19(21-2)23-15-20(11-7-8-12-20)16-9-5-4-6-10-16;/h4-6,9-10,13H,3,7-8,11-12,14-15H2,1-2H3,(H2,21,22,23);1H. The lowest BCUT2D eigenvalue weighted by Crippen LogP contribution is -2.44. The molecule has 1 fully saturated rings. The molecule has 1 heterocycles. The van der Waals surface area contributed by atoms with Gasteiger partial charge in [0.2, 0.25) is 0 Å². The Hall–Kier alpha value is -1.57. The van der Waals surface area contributed by atoms with Gasteiger partial charge in [0, 0.05) is 25.1 Å². The van der Waals surface area contributed by atoms with Crippen molar-refractivity contribution in [2.45, 2.75) is 51.0 Å². The summed E-state index contributed by atoms with van der Waals surface area (Å²) >= 11 is 0. The molecular formula is C20H29IN4O. The molecule has 0 unspecified atom stereocenters. The van der Waals surface area contributed by atoms with Crippen molar-refractivity contribution in [2.75, 3.05) is 13.6 Å². The Balaban J connectivity index is 0.00000243. The van der Waals surface area contributed by atoms with E-state index < -0.39 is 0 Å². The molecule has 5 nitrogen and oxygen atoms in total. The third-order valence-electron chi connectivity index (χ3n) is 5.16. The first-order chi connectivity index (χ1) is 12.3. The third kappa shape index (κ3) is 4.99. The molecule has 0 radical (unpaired) electrons. The van der Waals surface area contributed by atoms with Crippen molar-refractivity contribution < 1.29 is 4.52 Å². The average molecular weight is 468 g/mol. The van der Waals surface area contributed by atoms with E-state index in [2.05, 4.69) is 58.0 Å². The minimum atomic E-state index is 0. The number of hydrogen-bond donors (Lipinski definition) is 2. The van der Waals surface area contributed by atoms with Crippen LogP contribution >= 0.6 is 24.0 Å². The second-order valence-corrected chi connectivity index (χ2v) is 6.77. The molecule has 1 aromatic carbocycles. The zero-order valence-electron chi connectivity index (χ0n) is 15.6. The molecule has 0 saturated heterocycles. The van der Waals surface area contributed by atoms with Crippen LogP contribution < -0.4 is 10.6 Å². The molecule has 2 aromatic rings. The SMILES string of the molecule is CCc1cc(CNC(=NC)NCC2(c3ccccc3)CCCC2)on1.I. The highest BCUT2D eigenvalue weighted by molar-refractivity contribution is 14.0. The van der Waals surface area contributed by atoms with Crippen LogP contribution in [0.15, 0.2) is 45.9 Å². The van der Waals surface area contributed by atoms with Crippen LogP contribution in [0.2, 0.25) is 0 Å². The van der Waals surface area contributed by atoms with Gasteiger partial charge >= 0.3 is 0 Å². The second kappa shape index (κ2) is 9.94. The van der Waals surface area contributed by atoms with Crippen LogP contribution in [-0.4, -0.2) is 24.7 Å². The van der Waals surface area contributed by atoms with E-state index in [-0.39, 0.29) is 29.4 Å². The van der Waals surface area contributed by atoms with Crippen molar-refractivity contribution in [2.24, 2.45) is 4.99 Å². The number of aliphatic imine (C=N–C) groups is 1. The summed E-state index contributed by atoms with van der Waals surface area (Å²) in [4.78, 5) is 4.35. The Bertz CT molecular complexity index is 693. The van der Waals surface area contributed by atoms with Gasteiger partial charge in [-0.25, -0.2) is 0 Å². The fourth-order valence-electron chi connectivity index (χ4n) is 3.66. The van der Waals surface area contributed by atoms with E-state index in [1.165, 1.54) is 31.2 Å². The molecule has 0 spiro atoms. The normalized spacial score (nSPS) is 16.2. The number of nitrogens with one attached hydrogen (secondary N) is 2. The summed E-state index contributed by atoms with van der Waals surface area (Å²) < 4.78 is 5.32. The van der Waals surface area contributed by atoms with Crippen molar-refractivity contribution in [3.05, 3.63) is 53.4 Å². The number of aryl methyl sites for hydroxylation is 1. The monoisotopic (exact) mass is 468 g/mol. The lowest BCUT2D eigenvalue weighted by Gasteiger charge is -2.30. The fourth-order valence-corrected chi connectivity index (χ4v) is 3.66. The Morgan fingerprint density at radius 3 is 2.54 bits per heavy atom. The number of halogens is 1. The van der Waals surface area contributed by atoms with Gasteiger partial charge in [-0.05, 0) is 24.8 Å². The summed E-state index contributed by atoms with van der Waals surface area (Å²) in [7, 11) is 1.80. The van der Waals surface area contributed by atoms with Crippen LogP contribution in [0.5, 0.6) is 0 Å². The van der Waals surface area contributed by atoms with Gasteiger partial charge in [-0.15, -0.1) is 24.0 Å². The van der Waals surface area contributed by atoms with E-state index in [9.17, 15) is 0 Å². The molecule has 1 saturated carbocycles. The maximum atomic E-state index is 5.32. The van der Waals surface area contributed by atoms with E-state index in [0.29, 0.717) is 6.54 Å². The lowest BCUT2D eigenvalue weighted by molar-refractivity contribution is 0.374. The molecule has 0 amide bonds. The summed E-state index contributed by atoms with van der Waals surface area (Å²) in [6.45, 7) is 3.55. The summed E-state index contributed by atoms with van der Waals surface area (Å²) in [5, 5.41) is 10.9. The molecule has 1 aliphatic rings. The van der Waals surface area contributed by atoms with Crippen molar-refractivity contribution >= 4 is 29.9 Å². The number of hydrogen-bond acceptors (Lipinski definition) is 3. The maximum Gasteiger partial charge on any atom is 0.191 e. The second-order valence-electron chi connectivity index (χ2n) is 6.77. The molecule has 1 aromatic heterocycles. The molecule has 1 aliphatic carbocycles. The molecule has 0 atom stereocenters. The van der Waals surface area contributed by atoms with Gasteiger partial charge in [-0.3, -0.25) is 4.99 Å². The molecule has 3 rings (SSSR count). The van der Waals surface area contributed by atoms with E-state index in [0.717, 1.165) is 30.4 Å². The Kier molecular flexibility index (Phi) is 7.93. The van der Waals surface area contributed by atoms with Crippen LogP contribution in [0.4, 0.5) is 0 Å². The fraction of sp³-hybridized carbons (Fsp3) is 0.500. The number of benzene rings is 1. The molecule has 2 N–H and O–H groups in total. The number of aromatic nitrogens is 1. The molecular weight excluding hydrogens is 439 g/mol. The van der Waals surface area contributed by atoms with Gasteiger partial charge < -0.3 is 15.2 Å². The van der Waals surface area contributed by atoms with Gasteiger partial charge in [0.25, 0.3) is 0 Å². The van der Waals surface area contributed by atoms with E-state index in [1.54, 1.807) is 7.05 Å². The van der Waals surface area contributed by atoms with E-state index >= 15 is 0 Å². The molecule has 6 heteroatoms. The third-order valence-corrected chi connectivity index (χ3v) is 5.16. The first kappa shape index (κ1) is 20.7.